The first-order valence-electron chi connectivity index (χ1n) is 5.29. The van der Waals surface area contributed by atoms with Gasteiger partial charge in [0.2, 0.25) is 0 Å². The first kappa shape index (κ1) is 11.0. The molecule has 2 unspecified atom stereocenters. The fourth-order valence-corrected chi connectivity index (χ4v) is 3.28. The van der Waals surface area contributed by atoms with Gasteiger partial charge in [-0.05, 0) is 35.7 Å². The van der Waals surface area contributed by atoms with Crippen molar-refractivity contribution in [1.29, 1.82) is 0 Å². The number of aliphatic imine (C=N–C) groups is 1. The molecule has 1 N–H and O–H groups in total. The standard InChI is InChI=1S/C11H16N2S2/c1-3-10-6-12-11(15-10)13-8(2)9-4-5-14-7-9/h4-5,7-8,10H,3,6H2,1-2H3,(H,12,13). The lowest BCUT2D eigenvalue weighted by Gasteiger charge is -2.13. The van der Waals surface area contributed by atoms with Crippen molar-refractivity contribution in [2.75, 3.05) is 6.54 Å². The highest BCUT2D eigenvalue weighted by molar-refractivity contribution is 8.14. The zero-order valence-corrected chi connectivity index (χ0v) is 10.7. The van der Waals surface area contributed by atoms with Crippen LogP contribution in [-0.2, 0) is 0 Å². The summed E-state index contributed by atoms with van der Waals surface area (Å²) in [5.41, 5.74) is 1.35. The van der Waals surface area contributed by atoms with Crippen molar-refractivity contribution in [3.05, 3.63) is 22.4 Å². The summed E-state index contributed by atoms with van der Waals surface area (Å²) >= 11 is 3.62. The van der Waals surface area contributed by atoms with Crippen LogP contribution in [0.15, 0.2) is 21.8 Å². The van der Waals surface area contributed by atoms with Crippen LogP contribution in [0.25, 0.3) is 0 Å². The van der Waals surface area contributed by atoms with Crippen molar-refractivity contribution >= 4 is 28.3 Å². The summed E-state index contributed by atoms with van der Waals surface area (Å²) in [7, 11) is 0. The number of thioether (sulfide) groups is 1. The van der Waals surface area contributed by atoms with Crippen LogP contribution >= 0.6 is 23.1 Å². The predicted molar refractivity (Wildman–Crippen MR) is 69.8 cm³/mol. The maximum atomic E-state index is 4.51. The van der Waals surface area contributed by atoms with E-state index in [9.17, 15) is 0 Å². The molecular weight excluding hydrogens is 224 g/mol. The van der Waals surface area contributed by atoms with Gasteiger partial charge in [-0.25, -0.2) is 0 Å². The fraction of sp³-hybridized carbons (Fsp3) is 0.545. The maximum absolute atomic E-state index is 4.51. The third kappa shape index (κ3) is 2.75. The third-order valence-electron chi connectivity index (χ3n) is 2.56. The molecule has 0 amide bonds. The lowest BCUT2D eigenvalue weighted by atomic mass is 10.2. The quantitative estimate of drug-likeness (QED) is 0.877. The minimum absolute atomic E-state index is 0.373. The molecule has 0 saturated carbocycles. The number of amidine groups is 1. The number of hydrogen-bond acceptors (Lipinski definition) is 4. The number of hydrogen-bond donors (Lipinski definition) is 1. The molecule has 2 atom stereocenters. The lowest BCUT2D eigenvalue weighted by Crippen LogP contribution is -2.22. The summed E-state index contributed by atoms with van der Waals surface area (Å²) < 4.78 is 0. The molecule has 0 aromatic carbocycles. The molecule has 1 aromatic rings. The molecule has 15 heavy (non-hydrogen) atoms. The monoisotopic (exact) mass is 240 g/mol. The van der Waals surface area contributed by atoms with Gasteiger partial charge in [0.1, 0.15) is 0 Å². The van der Waals surface area contributed by atoms with E-state index in [0.29, 0.717) is 11.3 Å². The highest BCUT2D eigenvalue weighted by Crippen LogP contribution is 2.24. The fourth-order valence-electron chi connectivity index (χ4n) is 1.50. The van der Waals surface area contributed by atoms with Crippen molar-refractivity contribution in [2.45, 2.75) is 31.6 Å². The van der Waals surface area contributed by atoms with E-state index >= 15 is 0 Å². The van der Waals surface area contributed by atoms with Crippen molar-refractivity contribution in [3.63, 3.8) is 0 Å². The smallest absolute Gasteiger partial charge is 0.157 e. The summed E-state index contributed by atoms with van der Waals surface area (Å²) in [4.78, 5) is 4.51. The Balaban J connectivity index is 1.88. The molecule has 4 heteroatoms. The second kappa shape index (κ2) is 5.03. The summed E-state index contributed by atoms with van der Waals surface area (Å²) in [6.45, 7) is 5.38. The van der Waals surface area contributed by atoms with Crippen LogP contribution in [0, 0.1) is 0 Å². The van der Waals surface area contributed by atoms with Crippen molar-refractivity contribution in [2.24, 2.45) is 4.99 Å². The van der Waals surface area contributed by atoms with Gasteiger partial charge >= 0.3 is 0 Å². The van der Waals surface area contributed by atoms with Gasteiger partial charge in [-0.2, -0.15) is 11.3 Å². The van der Waals surface area contributed by atoms with Crippen LogP contribution in [0.5, 0.6) is 0 Å². The molecule has 2 heterocycles. The Bertz CT molecular complexity index is 332. The summed E-state index contributed by atoms with van der Waals surface area (Å²) in [5, 5.41) is 9.57. The largest absolute Gasteiger partial charge is 0.358 e. The Morgan fingerprint density at radius 1 is 1.67 bits per heavy atom. The lowest BCUT2D eigenvalue weighted by molar-refractivity contribution is 0.725. The summed E-state index contributed by atoms with van der Waals surface area (Å²) in [5.74, 6) is 0. The van der Waals surface area contributed by atoms with Gasteiger partial charge in [0.25, 0.3) is 0 Å². The second-order valence-corrected chi connectivity index (χ2v) is 5.79. The van der Waals surface area contributed by atoms with E-state index in [1.807, 2.05) is 11.8 Å². The van der Waals surface area contributed by atoms with E-state index in [2.05, 4.69) is 41.0 Å². The van der Waals surface area contributed by atoms with Gasteiger partial charge in [0.15, 0.2) is 5.17 Å². The SMILES string of the molecule is CCC1CN=C(NC(C)c2ccsc2)S1. The van der Waals surface area contributed by atoms with E-state index in [1.165, 1.54) is 12.0 Å². The minimum atomic E-state index is 0.373. The van der Waals surface area contributed by atoms with Crippen molar-refractivity contribution in [1.82, 2.24) is 5.32 Å². The van der Waals surface area contributed by atoms with Crippen molar-refractivity contribution < 1.29 is 0 Å². The van der Waals surface area contributed by atoms with Crippen LogP contribution in [0.2, 0.25) is 0 Å². The van der Waals surface area contributed by atoms with Crippen LogP contribution in [-0.4, -0.2) is 17.0 Å². The van der Waals surface area contributed by atoms with E-state index in [1.54, 1.807) is 11.3 Å². The molecule has 2 nitrogen and oxygen atoms in total. The van der Waals surface area contributed by atoms with Gasteiger partial charge in [-0.3, -0.25) is 4.99 Å². The molecule has 0 spiro atoms. The molecule has 82 valence electrons. The number of nitrogens with one attached hydrogen (secondary N) is 1. The first-order valence-corrected chi connectivity index (χ1v) is 7.11. The Kier molecular flexibility index (Phi) is 3.70. The summed E-state index contributed by atoms with van der Waals surface area (Å²) in [6.07, 6.45) is 1.20. The van der Waals surface area contributed by atoms with Gasteiger partial charge < -0.3 is 5.32 Å². The highest BCUT2D eigenvalue weighted by Gasteiger charge is 2.19. The number of thiophene rings is 1. The molecule has 1 aliphatic rings. The minimum Gasteiger partial charge on any atom is -0.358 e. The van der Waals surface area contributed by atoms with Gasteiger partial charge in [-0.15, -0.1) is 0 Å². The third-order valence-corrected chi connectivity index (χ3v) is 4.54. The Labute approximate surface area is 99.2 Å². The number of rotatable bonds is 3. The normalized spacial score (nSPS) is 22.5. The Morgan fingerprint density at radius 2 is 2.53 bits per heavy atom. The van der Waals surface area contributed by atoms with Crippen molar-refractivity contribution in [3.8, 4) is 0 Å². The molecular formula is C11H16N2S2. The Morgan fingerprint density at radius 3 is 3.13 bits per heavy atom. The van der Waals surface area contributed by atoms with Crippen LogP contribution in [0.1, 0.15) is 31.9 Å². The highest BCUT2D eigenvalue weighted by atomic mass is 32.2. The number of nitrogens with zero attached hydrogens (tertiary/aromatic N) is 1. The zero-order chi connectivity index (χ0) is 10.7. The topological polar surface area (TPSA) is 24.4 Å². The molecule has 2 rings (SSSR count). The van der Waals surface area contributed by atoms with E-state index < -0.39 is 0 Å². The van der Waals surface area contributed by atoms with Crippen LogP contribution in [0.4, 0.5) is 0 Å². The van der Waals surface area contributed by atoms with Crippen LogP contribution < -0.4 is 5.32 Å². The van der Waals surface area contributed by atoms with Gasteiger partial charge in [0.05, 0.1) is 12.6 Å². The van der Waals surface area contributed by atoms with Crippen LogP contribution in [0.3, 0.4) is 0 Å². The molecule has 0 bridgehead atoms. The second-order valence-electron chi connectivity index (χ2n) is 3.72. The summed E-state index contributed by atoms with van der Waals surface area (Å²) in [6, 6.07) is 2.54. The zero-order valence-electron chi connectivity index (χ0n) is 9.06. The average molecular weight is 240 g/mol. The van der Waals surface area contributed by atoms with Gasteiger partial charge in [0, 0.05) is 5.25 Å². The predicted octanol–water partition coefficient (Wildman–Crippen LogP) is 3.28. The van der Waals surface area contributed by atoms with E-state index in [-0.39, 0.29) is 0 Å². The molecule has 1 aliphatic heterocycles. The first-order chi connectivity index (χ1) is 7.29. The molecule has 0 aliphatic carbocycles. The molecule has 0 radical (unpaired) electrons. The molecule has 0 saturated heterocycles. The average Bonchev–Trinajstić information content (AvgIpc) is 2.87. The Hall–Kier alpha value is -0.480. The molecule has 1 aromatic heterocycles. The molecule has 0 fully saturated rings. The van der Waals surface area contributed by atoms with Gasteiger partial charge in [-0.1, -0.05) is 18.7 Å². The van der Waals surface area contributed by atoms with E-state index in [0.717, 1.165) is 11.7 Å². The maximum Gasteiger partial charge on any atom is 0.157 e. The van der Waals surface area contributed by atoms with E-state index in [4.69, 9.17) is 0 Å².